The second-order valence-corrected chi connectivity index (χ2v) is 6.90. The molecule has 0 bridgehead atoms. The Morgan fingerprint density at radius 2 is 1.45 bits per heavy atom. The fraction of sp³-hybridized carbons (Fsp3) is 0.192. The number of para-hydroxylation sites is 1. The number of nitrogens with zero attached hydrogens (tertiary/aromatic N) is 1. The van der Waals surface area contributed by atoms with Crippen molar-refractivity contribution in [3.05, 3.63) is 90.0 Å². The quantitative estimate of drug-likeness (QED) is 0.313. The summed E-state index contributed by atoms with van der Waals surface area (Å²) >= 11 is 0. The molecule has 3 aromatic rings. The van der Waals surface area contributed by atoms with Gasteiger partial charge >= 0.3 is 6.61 Å². The van der Waals surface area contributed by atoms with Crippen molar-refractivity contribution in [2.75, 3.05) is 13.1 Å². The highest BCUT2D eigenvalue weighted by atomic mass is 19.3. The van der Waals surface area contributed by atoms with Crippen molar-refractivity contribution in [3.8, 4) is 16.9 Å². The number of carbonyl (C=O) groups excluding carboxylic acids is 1. The second kappa shape index (κ2) is 10.5. The first-order valence-electron chi connectivity index (χ1n) is 10.2. The summed E-state index contributed by atoms with van der Waals surface area (Å²) in [6, 6.07) is 24.1. The Labute approximate surface area is 181 Å². The van der Waals surface area contributed by atoms with Gasteiger partial charge in [0.2, 0.25) is 0 Å². The monoisotopic (exact) mass is 421 g/mol. The Morgan fingerprint density at radius 1 is 0.871 bits per heavy atom. The molecule has 0 heterocycles. The molecule has 0 radical (unpaired) electrons. The van der Waals surface area contributed by atoms with E-state index in [1.165, 1.54) is 6.07 Å². The standard InChI is InChI=1S/C26H25F2NO2/c1-3-29(4-2)25(30)23(18-22-12-8-9-13-24(22)31-26(27)28)21-16-14-20(15-17-21)19-10-6-5-7-11-19/h5-18,26H,3-4H2,1-2H3/b23-18-. The lowest BCUT2D eigenvalue weighted by Gasteiger charge is -2.21. The van der Waals surface area contributed by atoms with Gasteiger partial charge in [-0.3, -0.25) is 4.79 Å². The van der Waals surface area contributed by atoms with E-state index in [1.54, 1.807) is 29.2 Å². The number of carbonyl (C=O) groups is 1. The third kappa shape index (κ3) is 5.57. The third-order valence-electron chi connectivity index (χ3n) is 5.02. The maximum Gasteiger partial charge on any atom is 0.387 e. The van der Waals surface area contributed by atoms with Gasteiger partial charge in [-0.1, -0.05) is 72.8 Å². The molecule has 5 heteroatoms. The van der Waals surface area contributed by atoms with E-state index >= 15 is 0 Å². The molecular weight excluding hydrogens is 396 g/mol. The predicted octanol–water partition coefficient (Wildman–Crippen LogP) is 6.36. The Morgan fingerprint density at radius 3 is 2.06 bits per heavy atom. The van der Waals surface area contributed by atoms with Crippen LogP contribution in [0.15, 0.2) is 78.9 Å². The van der Waals surface area contributed by atoms with Crippen LogP contribution in [-0.4, -0.2) is 30.5 Å². The van der Waals surface area contributed by atoms with Gasteiger partial charge in [0.05, 0.1) is 0 Å². The average Bonchev–Trinajstić information content (AvgIpc) is 2.79. The molecule has 0 atom stereocenters. The Kier molecular flexibility index (Phi) is 7.55. The smallest absolute Gasteiger partial charge is 0.387 e. The zero-order valence-electron chi connectivity index (χ0n) is 17.6. The third-order valence-corrected chi connectivity index (χ3v) is 5.02. The van der Waals surface area contributed by atoms with Crippen molar-refractivity contribution in [2.24, 2.45) is 0 Å². The number of benzene rings is 3. The molecule has 0 aliphatic heterocycles. The molecule has 0 spiro atoms. The van der Waals surface area contributed by atoms with Crippen LogP contribution in [0.1, 0.15) is 25.0 Å². The van der Waals surface area contributed by atoms with E-state index < -0.39 is 6.61 Å². The maximum atomic E-state index is 13.3. The van der Waals surface area contributed by atoms with E-state index in [2.05, 4.69) is 4.74 Å². The first kappa shape index (κ1) is 22.2. The minimum Gasteiger partial charge on any atom is -0.434 e. The van der Waals surface area contributed by atoms with Crippen LogP contribution in [0.5, 0.6) is 5.75 Å². The number of hydrogen-bond donors (Lipinski definition) is 0. The molecule has 0 aromatic heterocycles. The van der Waals surface area contributed by atoms with E-state index in [4.69, 9.17) is 0 Å². The van der Waals surface area contributed by atoms with E-state index in [0.717, 1.165) is 11.1 Å². The molecule has 0 aliphatic rings. The molecular formula is C26H25F2NO2. The Balaban J connectivity index is 2.06. The first-order chi connectivity index (χ1) is 15.0. The molecule has 0 saturated carbocycles. The number of likely N-dealkylation sites (N-methyl/N-ethyl adjacent to an activating group) is 1. The van der Waals surface area contributed by atoms with Gasteiger partial charge < -0.3 is 9.64 Å². The van der Waals surface area contributed by atoms with Gasteiger partial charge in [0.25, 0.3) is 5.91 Å². The van der Waals surface area contributed by atoms with Gasteiger partial charge in [-0.05, 0) is 42.7 Å². The number of alkyl halides is 2. The van der Waals surface area contributed by atoms with Crippen molar-refractivity contribution in [3.63, 3.8) is 0 Å². The number of ether oxygens (including phenoxy) is 1. The number of halogens is 2. The molecule has 0 N–H and O–H groups in total. The lowest BCUT2D eigenvalue weighted by atomic mass is 9.97. The molecule has 0 unspecified atom stereocenters. The van der Waals surface area contributed by atoms with Crippen molar-refractivity contribution in [1.29, 1.82) is 0 Å². The molecule has 3 rings (SSSR count). The van der Waals surface area contributed by atoms with Crippen LogP contribution in [0.25, 0.3) is 22.8 Å². The maximum absolute atomic E-state index is 13.3. The summed E-state index contributed by atoms with van der Waals surface area (Å²) in [6.45, 7) is 1.96. The molecule has 0 aliphatic carbocycles. The largest absolute Gasteiger partial charge is 0.434 e. The van der Waals surface area contributed by atoms with E-state index in [0.29, 0.717) is 29.8 Å². The lowest BCUT2D eigenvalue weighted by Crippen LogP contribution is -2.31. The summed E-state index contributed by atoms with van der Waals surface area (Å²) in [7, 11) is 0. The molecule has 3 aromatic carbocycles. The summed E-state index contributed by atoms with van der Waals surface area (Å²) in [5, 5.41) is 0. The molecule has 31 heavy (non-hydrogen) atoms. The summed E-state index contributed by atoms with van der Waals surface area (Å²) in [4.78, 5) is 15.0. The van der Waals surface area contributed by atoms with Crippen LogP contribution < -0.4 is 4.74 Å². The summed E-state index contributed by atoms with van der Waals surface area (Å²) in [5.41, 5.74) is 3.66. The fourth-order valence-corrected chi connectivity index (χ4v) is 3.38. The highest BCUT2D eigenvalue weighted by Gasteiger charge is 2.19. The van der Waals surface area contributed by atoms with E-state index in [9.17, 15) is 13.6 Å². The summed E-state index contributed by atoms with van der Waals surface area (Å²) in [6.07, 6.45) is 1.62. The zero-order valence-corrected chi connectivity index (χ0v) is 17.6. The van der Waals surface area contributed by atoms with Crippen molar-refractivity contribution in [1.82, 2.24) is 4.90 Å². The van der Waals surface area contributed by atoms with Gasteiger partial charge in [0.15, 0.2) is 0 Å². The van der Waals surface area contributed by atoms with Crippen molar-refractivity contribution < 1.29 is 18.3 Å². The highest BCUT2D eigenvalue weighted by Crippen LogP contribution is 2.29. The van der Waals surface area contributed by atoms with Gasteiger partial charge in [0, 0.05) is 24.2 Å². The molecule has 3 nitrogen and oxygen atoms in total. The summed E-state index contributed by atoms with van der Waals surface area (Å²) in [5.74, 6) is -0.132. The van der Waals surface area contributed by atoms with Crippen molar-refractivity contribution >= 4 is 17.6 Å². The Bertz CT molecular complexity index is 1030. The lowest BCUT2D eigenvalue weighted by molar-refractivity contribution is -0.124. The normalized spacial score (nSPS) is 11.5. The molecule has 1 amide bonds. The van der Waals surface area contributed by atoms with E-state index in [-0.39, 0.29) is 11.7 Å². The number of hydrogen-bond acceptors (Lipinski definition) is 2. The van der Waals surface area contributed by atoms with Crippen LogP contribution in [0, 0.1) is 0 Å². The van der Waals surface area contributed by atoms with E-state index in [1.807, 2.05) is 68.4 Å². The minimum absolute atomic E-state index is 0.0308. The van der Waals surface area contributed by atoms with Gasteiger partial charge in [-0.25, -0.2) is 0 Å². The van der Waals surface area contributed by atoms with Gasteiger partial charge in [-0.15, -0.1) is 0 Å². The van der Waals surface area contributed by atoms with Crippen molar-refractivity contribution in [2.45, 2.75) is 20.5 Å². The summed E-state index contributed by atoms with van der Waals surface area (Å²) < 4.78 is 30.3. The number of rotatable bonds is 8. The highest BCUT2D eigenvalue weighted by molar-refractivity contribution is 6.24. The van der Waals surface area contributed by atoms with Crippen LogP contribution in [0.2, 0.25) is 0 Å². The van der Waals surface area contributed by atoms with Crippen LogP contribution in [0.3, 0.4) is 0 Å². The first-order valence-corrected chi connectivity index (χ1v) is 10.2. The predicted molar refractivity (Wildman–Crippen MR) is 121 cm³/mol. The number of amides is 1. The molecule has 160 valence electrons. The zero-order chi connectivity index (χ0) is 22.2. The average molecular weight is 421 g/mol. The van der Waals surface area contributed by atoms with Crippen LogP contribution in [-0.2, 0) is 4.79 Å². The topological polar surface area (TPSA) is 29.5 Å². The van der Waals surface area contributed by atoms with Crippen LogP contribution in [0.4, 0.5) is 8.78 Å². The van der Waals surface area contributed by atoms with Crippen LogP contribution >= 0.6 is 0 Å². The minimum atomic E-state index is -2.94. The van der Waals surface area contributed by atoms with Gasteiger partial charge in [-0.2, -0.15) is 8.78 Å². The fourth-order valence-electron chi connectivity index (χ4n) is 3.38. The SMILES string of the molecule is CCN(CC)C(=O)/C(=C\c1ccccc1OC(F)F)c1ccc(-c2ccccc2)cc1. The molecule has 0 saturated heterocycles. The Hall–Kier alpha value is -3.47. The molecule has 0 fully saturated rings. The van der Waals surface area contributed by atoms with Gasteiger partial charge in [0.1, 0.15) is 5.75 Å². The second-order valence-electron chi connectivity index (χ2n) is 6.90.